The van der Waals surface area contributed by atoms with Crippen LogP contribution in [-0.4, -0.2) is 45.7 Å². The molecule has 1 aliphatic heterocycles. The van der Waals surface area contributed by atoms with Crippen molar-refractivity contribution in [3.8, 4) is 0 Å². The normalized spacial score (nSPS) is 19.6. The van der Waals surface area contributed by atoms with E-state index in [9.17, 15) is 25.6 Å². The molecule has 5 nitrogen and oxygen atoms in total. The summed E-state index contributed by atoms with van der Waals surface area (Å²) in [5.41, 5.74) is -0.526. The molecule has 10 heteroatoms. The van der Waals surface area contributed by atoms with Gasteiger partial charge in [-0.1, -0.05) is 0 Å². The molecule has 0 aliphatic carbocycles. The molecule has 1 aromatic carbocycles. The minimum atomic E-state index is -4.22. The van der Waals surface area contributed by atoms with Crippen LogP contribution < -0.4 is 0 Å². The first kappa shape index (κ1) is 16.6. The Morgan fingerprint density at radius 1 is 1.19 bits per heavy atom. The predicted molar refractivity (Wildman–Crippen MR) is 73.3 cm³/mol. The van der Waals surface area contributed by atoms with E-state index in [-0.39, 0.29) is 24.6 Å². The Morgan fingerprint density at radius 2 is 1.76 bits per heavy atom. The van der Waals surface area contributed by atoms with Gasteiger partial charge in [0.05, 0.1) is 17.4 Å². The van der Waals surface area contributed by atoms with E-state index in [2.05, 4.69) is 0 Å². The Hall–Kier alpha value is -0.770. The summed E-state index contributed by atoms with van der Waals surface area (Å²) in [5.74, 6) is -3.31. The third kappa shape index (κ3) is 3.20. The number of benzene rings is 1. The van der Waals surface area contributed by atoms with E-state index in [1.807, 2.05) is 0 Å². The average Bonchev–Trinajstić information content (AvgIpc) is 2.38. The molecular weight excluding hydrogens is 348 g/mol. The second kappa shape index (κ2) is 5.79. The average molecular weight is 360 g/mol. The Balaban J connectivity index is 2.42. The largest absolute Gasteiger partial charge is 0.246 e. The highest BCUT2D eigenvalue weighted by molar-refractivity contribution is 7.92. The SMILES string of the molecule is O=S1(=O)CCN(S(=O)(=O)c2ccc(F)c(CCl)c2F)CC1. The summed E-state index contributed by atoms with van der Waals surface area (Å²) >= 11 is 5.41. The third-order valence-corrected chi connectivity index (χ3v) is 7.00. The molecule has 1 aromatic rings. The molecule has 0 bridgehead atoms. The molecule has 118 valence electrons. The monoisotopic (exact) mass is 359 g/mol. The minimum absolute atomic E-state index is 0.252. The lowest BCUT2D eigenvalue weighted by Gasteiger charge is -2.26. The van der Waals surface area contributed by atoms with Crippen molar-refractivity contribution in [3.63, 3.8) is 0 Å². The van der Waals surface area contributed by atoms with E-state index >= 15 is 0 Å². The first-order chi connectivity index (χ1) is 9.69. The van der Waals surface area contributed by atoms with Crippen LogP contribution in [0.4, 0.5) is 8.78 Å². The fourth-order valence-corrected chi connectivity index (χ4v) is 5.18. The highest BCUT2D eigenvalue weighted by Gasteiger charge is 2.33. The number of alkyl halides is 1. The smallest absolute Gasteiger partial charge is 0.229 e. The van der Waals surface area contributed by atoms with Crippen molar-refractivity contribution in [1.29, 1.82) is 0 Å². The standard InChI is InChI=1S/C11H12ClF2NO4S2/c12-7-8-9(13)1-2-10(11(8)14)21(18,19)15-3-5-20(16,17)6-4-15/h1-2H,3-7H2. The van der Waals surface area contributed by atoms with Gasteiger partial charge in [-0.05, 0) is 12.1 Å². The van der Waals surface area contributed by atoms with Gasteiger partial charge < -0.3 is 0 Å². The van der Waals surface area contributed by atoms with Gasteiger partial charge in [0.1, 0.15) is 10.7 Å². The summed E-state index contributed by atoms with van der Waals surface area (Å²) in [6.45, 7) is -0.505. The third-order valence-electron chi connectivity index (χ3n) is 3.21. The van der Waals surface area contributed by atoms with Crippen molar-refractivity contribution >= 4 is 31.5 Å². The molecule has 1 saturated heterocycles. The van der Waals surface area contributed by atoms with E-state index in [1.54, 1.807) is 0 Å². The van der Waals surface area contributed by atoms with Crippen LogP contribution in [0, 0.1) is 11.6 Å². The summed E-state index contributed by atoms with van der Waals surface area (Å²) in [6, 6.07) is 1.65. The second-order valence-electron chi connectivity index (χ2n) is 4.53. The highest BCUT2D eigenvalue weighted by atomic mass is 35.5. The summed E-state index contributed by atoms with van der Waals surface area (Å²) in [5, 5.41) is 0. The van der Waals surface area contributed by atoms with Gasteiger partial charge in [0.25, 0.3) is 0 Å². The summed E-state index contributed by atoms with van der Waals surface area (Å²) in [4.78, 5) is -0.696. The Labute approximate surface area is 126 Å². The molecule has 1 fully saturated rings. The van der Waals surface area contributed by atoms with Crippen LogP contribution in [0.25, 0.3) is 0 Å². The number of hydrogen-bond acceptors (Lipinski definition) is 4. The maximum Gasteiger partial charge on any atom is 0.246 e. The van der Waals surface area contributed by atoms with Gasteiger partial charge in [-0.25, -0.2) is 25.6 Å². The van der Waals surface area contributed by atoms with Crippen molar-refractivity contribution in [1.82, 2.24) is 4.31 Å². The van der Waals surface area contributed by atoms with Crippen LogP contribution in [0.2, 0.25) is 0 Å². The molecule has 0 aromatic heterocycles. The van der Waals surface area contributed by atoms with E-state index in [1.165, 1.54) is 0 Å². The van der Waals surface area contributed by atoms with Crippen LogP contribution in [0.3, 0.4) is 0 Å². The molecular formula is C11H12ClF2NO4S2. The first-order valence-corrected chi connectivity index (χ1v) is 9.72. The molecule has 0 saturated carbocycles. The molecule has 0 N–H and O–H groups in total. The molecule has 0 amide bonds. The highest BCUT2D eigenvalue weighted by Crippen LogP contribution is 2.26. The summed E-state index contributed by atoms with van der Waals surface area (Å²) < 4.78 is 75.6. The van der Waals surface area contributed by atoms with Gasteiger partial charge >= 0.3 is 0 Å². The zero-order valence-corrected chi connectivity index (χ0v) is 13.1. The maximum absolute atomic E-state index is 14.1. The molecule has 0 unspecified atom stereocenters. The minimum Gasteiger partial charge on any atom is -0.229 e. The molecule has 0 atom stereocenters. The Morgan fingerprint density at radius 3 is 2.29 bits per heavy atom. The fourth-order valence-electron chi connectivity index (χ4n) is 1.97. The summed E-state index contributed by atoms with van der Waals surface area (Å²) in [7, 11) is -7.49. The van der Waals surface area contributed by atoms with E-state index in [4.69, 9.17) is 11.6 Å². The quantitative estimate of drug-likeness (QED) is 0.758. The Kier molecular flexibility index (Phi) is 4.57. The van der Waals surface area contributed by atoms with E-state index in [0.29, 0.717) is 0 Å². The fraction of sp³-hybridized carbons (Fsp3) is 0.455. The van der Waals surface area contributed by atoms with Crippen molar-refractivity contribution in [2.75, 3.05) is 24.6 Å². The number of rotatable bonds is 3. The zero-order valence-electron chi connectivity index (χ0n) is 10.7. The zero-order chi connectivity index (χ0) is 15.8. The number of hydrogen-bond donors (Lipinski definition) is 0. The maximum atomic E-state index is 14.1. The van der Waals surface area contributed by atoms with Gasteiger partial charge in [0, 0.05) is 18.7 Å². The van der Waals surface area contributed by atoms with Crippen LogP contribution in [-0.2, 0) is 25.7 Å². The lowest BCUT2D eigenvalue weighted by Crippen LogP contribution is -2.43. The molecule has 1 aliphatic rings. The van der Waals surface area contributed by atoms with Gasteiger partial charge in [0.2, 0.25) is 10.0 Å². The predicted octanol–water partition coefficient (Wildman–Crippen LogP) is 1.12. The van der Waals surface area contributed by atoms with Crippen molar-refractivity contribution in [2.45, 2.75) is 10.8 Å². The lowest BCUT2D eigenvalue weighted by atomic mass is 10.2. The van der Waals surface area contributed by atoms with Crippen LogP contribution >= 0.6 is 11.6 Å². The van der Waals surface area contributed by atoms with Crippen molar-refractivity contribution in [2.24, 2.45) is 0 Å². The lowest BCUT2D eigenvalue weighted by molar-refractivity contribution is 0.425. The molecule has 0 spiro atoms. The Bertz CT molecular complexity index is 751. The number of sulfonamides is 1. The van der Waals surface area contributed by atoms with Crippen molar-refractivity contribution in [3.05, 3.63) is 29.3 Å². The van der Waals surface area contributed by atoms with Crippen LogP contribution in [0.15, 0.2) is 17.0 Å². The number of nitrogens with zero attached hydrogens (tertiary/aromatic N) is 1. The number of halogens is 3. The molecule has 0 radical (unpaired) electrons. The van der Waals surface area contributed by atoms with Gasteiger partial charge in [-0.15, -0.1) is 11.6 Å². The van der Waals surface area contributed by atoms with Gasteiger partial charge in [-0.2, -0.15) is 4.31 Å². The number of sulfone groups is 1. The molecule has 2 rings (SSSR count). The topological polar surface area (TPSA) is 71.5 Å². The van der Waals surface area contributed by atoms with E-state index in [0.717, 1.165) is 16.4 Å². The van der Waals surface area contributed by atoms with E-state index < -0.39 is 47.8 Å². The van der Waals surface area contributed by atoms with Crippen LogP contribution in [0.5, 0.6) is 0 Å². The first-order valence-electron chi connectivity index (χ1n) is 5.92. The van der Waals surface area contributed by atoms with Crippen LogP contribution in [0.1, 0.15) is 5.56 Å². The molecule has 1 heterocycles. The summed E-state index contributed by atoms with van der Waals surface area (Å²) in [6.07, 6.45) is 0. The van der Waals surface area contributed by atoms with Gasteiger partial charge in [-0.3, -0.25) is 0 Å². The second-order valence-corrected chi connectivity index (χ2v) is 9.00. The van der Waals surface area contributed by atoms with Gasteiger partial charge in [0.15, 0.2) is 15.7 Å². The molecule has 21 heavy (non-hydrogen) atoms. The van der Waals surface area contributed by atoms with Crippen molar-refractivity contribution < 1.29 is 25.6 Å².